The lowest BCUT2D eigenvalue weighted by Crippen LogP contribution is -2.52. The van der Waals surface area contributed by atoms with Gasteiger partial charge in [0.05, 0.1) is 19.8 Å². The molecule has 0 spiro atoms. The van der Waals surface area contributed by atoms with Crippen LogP contribution >= 0.6 is 0 Å². The van der Waals surface area contributed by atoms with Crippen LogP contribution in [-0.2, 0) is 11.3 Å². The van der Waals surface area contributed by atoms with Crippen LogP contribution in [0.3, 0.4) is 0 Å². The van der Waals surface area contributed by atoms with Crippen molar-refractivity contribution in [3.63, 3.8) is 0 Å². The lowest BCUT2D eigenvalue weighted by atomic mass is 10.0. The highest BCUT2D eigenvalue weighted by Crippen LogP contribution is 2.12. The van der Waals surface area contributed by atoms with Gasteiger partial charge in [-0.15, -0.1) is 0 Å². The molecular weight excluding hydrogens is 342 g/mol. The zero-order chi connectivity index (χ0) is 19.6. The number of amides is 1. The van der Waals surface area contributed by atoms with Crippen molar-refractivity contribution in [3.8, 4) is 0 Å². The van der Waals surface area contributed by atoms with E-state index in [-0.39, 0.29) is 0 Å². The number of carbonyl (C=O) groups excluding carboxylic acids is 1. The van der Waals surface area contributed by atoms with Crippen molar-refractivity contribution in [1.29, 1.82) is 0 Å². The Bertz CT molecular complexity index is 609. The van der Waals surface area contributed by atoms with E-state index in [0.717, 1.165) is 50.9 Å². The van der Waals surface area contributed by atoms with Gasteiger partial charge < -0.3 is 21.1 Å². The minimum Gasteiger partial charge on any atom is -0.379 e. The summed E-state index contributed by atoms with van der Waals surface area (Å²) < 4.78 is 5.48. The predicted octanol–water partition coefficient (Wildman–Crippen LogP) is 1.20. The first-order valence-electron chi connectivity index (χ1n) is 9.74. The van der Waals surface area contributed by atoms with E-state index < -0.39 is 5.91 Å². The van der Waals surface area contributed by atoms with E-state index in [1.165, 1.54) is 0 Å². The Kier molecular flexibility index (Phi) is 8.54. The van der Waals surface area contributed by atoms with Gasteiger partial charge in [0.2, 0.25) is 5.91 Å². The molecule has 1 amide bonds. The van der Waals surface area contributed by atoms with Gasteiger partial charge in [-0.05, 0) is 30.5 Å². The Hall–Kier alpha value is -2.12. The molecule has 2 rings (SSSR count). The fourth-order valence-corrected chi connectivity index (χ4v) is 3.18. The van der Waals surface area contributed by atoms with Crippen LogP contribution in [0.4, 0.5) is 0 Å². The smallest absolute Gasteiger partial charge is 0.248 e. The number of nitrogens with one attached hydrogen (secondary N) is 2. The summed E-state index contributed by atoms with van der Waals surface area (Å²) in [4.78, 5) is 18.3. The Morgan fingerprint density at radius 3 is 2.44 bits per heavy atom. The average Bonchev–Trinajstić information content (AvgIpc) is 2.67. The number of benzene rings is 1. The first kappa shape index (κ1) is 21.2. The molecule has 1 heterocycles. The second kappa shape index (κ2) is 10.9. The predicted molar refractivity (Wildman–Crippen MR) is 109 cm³/mol. The molecule has 7 nitrogen and oxygen atoms in total. The molecule has 27 heavy (non-hydrogen) atoms. The highest BCUT2D eigenvalue weighted by Gasteiger charge is 2.23. The molecule has 1 aliphatic rings. The summed E-state index contributed by atoms with van der Waals surface area (Å²) in [6.45, 7) is 12.3. The standard InChI is InChI=1S/C20H33N5O2/c1-4-22-20(23-13-16-5-7-17(8-6-16)19(21)26)24-14-18(15(2)3)25-9-11-27-12-10-25/h5-8,15,18H,4,9-14H2,1-3H3,(H2,21,26)(H2,22,23,24). The minimum absolute atomic E-state index is 0.414. The van der Waals surface area contributed by atoms with E-state index >= 15 is 0 Å². The average molecular weight is 376 g/mol. The van der Waals surface area contributed by atoms with Crippen molar-refractivity contribution in [2.45, 2.75) is 33.4 Å². The monoisotopic (exact) mass is 375 g/mol. The van der Waals surface area contributed by atoms with Crippen molar-refractivity contribution in [2.75, 3.05) is 39.4 Å². The van der Waals surface area contributed by atoms with Gasteiger partial charge in [-0.1, -0.05) is 26.0 Å². The van der Waals surface area contributed by atoms with Crippen molar-refractivity contribution in [1.82, 2.24) is 15.5 Å². The van der Waals surface area contributed by atoms with Gasteiger partial charge in [-0.3, -0.25) is 9.69 Å². The molecular formula is C20H33N5O2. The van der Waals surface area contributed by atoms with E-state index in [1.54, 1.807) is 12.1 Å². The number of nitrogens with zero attached hydrogens (tertiary/aromatic N) is 2. The second-order valence-corrected chi connectivity index (χ2v) is 7.10. The van der Waals surface area contributed by atoms with Crippen molar-refractivity contribution in [2.24, 2.45) is 16.6 Å². The van der Waals surface area contributed by atoms with Crippen molar-refractivity contribution < 1.29 is 9.53 Å². The second-order valence-electron chi connectivity index (χ2n) is 7.10. The molecule has 0 bridgehead atoms. The molecule has 1 atom stereocenters. The molecule has 0 aromatic heterocycles. The SMILES string of the molecule is CCNC(=NCc1ccc(C(N)=O)cc1)NCC(C(C)C)N1CCOCC1. The van der Waals surface area contributed by atoms with Crippen LogP contribution in [0.2, 0.25) is 0 Å². The number of nitrogens with two attached hydrogens (primary N) is 1. The number of rotatable bonds is 8. The number of guanidine groups is 1. The number of hydrogen-bond donors (Lipinski definition) is 3. The molecule has 1 aromatic carbocycles. The summed E-state index contributed by atoms with van der Waals surface area (Å²) in [6.07, 6.45) is 0. The molecule has 0 saturated carbocycles. The molecule has 7 heteroatoms. The zero-order valence-corrected chi connectivity index (χ0v) is 16.7. The van der Waals surface area contributed by atoms with E-state index in [2.05, 4.69) is 41.3 Å². The van der Waals surface area contributed by atoms with Crippen LogP contribution in [0.25, 0.3) is 0 Å². The number of aliphatic imine (C=N–C) groups is 1. The third kappa shape index (κ3) is 6.84. The highest BCUT2D eigenvalue weighted by atomic mass is 16.5. The van der Waals surface area contributed by atoms with Gasteiger partial charge in [-0.2, -0.15) is 0 Å². The van der Waals surface area contributed by atoms with Crippen molar-refractivity contribution >= 4 is 11.9 Å². The molecule has 150 valence electrons. The number of hydrogen-bond acceptors (Lipinski definition) is 4. The molecule has 1 fully saturated rings. The van der Waals surface area contributed by atoms with Crippen LogP contribution in [-0.4, -0.2) is 62.2 Å². The van der Waals surface area contributed by atoms with Crippen LogP contribution in [0.5, 0.6) is 0 Å². The van der Waals surface area contributed by atoms with Crippen LogP contribution in [0.15, 0.2) is 29.3 Å². The van der Waals surface area contributed by atoms with Crippen LogP contribution < -0.4 is 16.4 Å². The lowest BCUT2D eigenvalue weighted by molar-refractivity contribution is 0.00752. The first-order chi connectivity index (χ1) is 13.0. The number of primary amides is 1. The zero-order valence-electron chi connectivity index (χ0n) is 16.7. The largest absolute Gasteiger partial charge is 0.379 e. The summed E-state index contributed by atoms with van der Waals surface area (Å²) in [6, 6.07) is 7.68. The topological polar surface area (TPSA) is 92.0 Å². The maximum absolute atomic E-state index is 11.2. The first-order valence-corrected chi connectivity index (χ1v) is 9.74. The van der Waals surface area contributed by atoms with E-state index in [0.29, 0.717) is 24.1 Å². The van der Waals surface area contributed by atoms with Gasteiger partial charge in [0.1, 0.15) is 0 Å². The van der Waals surface area contributed by atoms with Gasteiger partial charge in [0.15, 0.2) is 5.96 Å². The van der Waals surface area contributed by atoms with Gasteiger partial charge in [0, 0.05) is 37.8 Å². The number of carbonyl (C=O) groups is 1. The molecule has 1 aromatic rings. The molecule has 4 N–H and O–H groups in total. The summed E-state index contributed by atoms with van der Waals surface area (Å²) in [7, 11) is 0. The molecule has 1 saturated heterocycles. The Morgan fingerprint density at radius 2 is 1.89 bits per heavy atom. The molecule has 0 radical (unpaired) electrons. The fourth-order valence-electron chi connectivity index (χ4n) is 3.18. The Balaban J connectivity index is 1.96. The Morgan fingerprint density at radius 1 is 1.22 bits per heavy atom. The third-order valence-corrected chi connectivity index (χ3v) is 4.77. The quantitative estimate of drug-likeness (QED) is 0.469. The molecule has 1 aliphatic heterocycles. The minimum atomic E-state index is -0.414. The van der Waals surface area contributed by atoms with E-state index in [1.807, 2.05) is 12.1 Å². The van der Waals surface area contributed by atoms with E-state index in [9.17, 15) is 4.79 Å². The van der Waals surface area contributed by atoms with Crippen molar-refractivity contribution in [3.05, 3.63) is 35.4 Å². The highest BCUT2D eigenvalue weighted by molar-refractivity contribution is 5.92. The summed E-state index contributed by atoms with van der Waals surface area (Å²) >= 11 is 0. The normalized spacial score (nSPS) is 17.0. The maximum Gasteiger partial charge on any atom is 0.248 e. The summed E-state index contributed by atoms with van der Waals surface area (Å²) in [5.41, 5.74) is 6.83. The molecule has 0 aliphatic carbocycles. The molecule has 1 unspecified atom stereocenters. The van der Waals surface area contributed by atoms with Crippen LogP contribution in [0, 0.1) is 5.92 Å². The summed E-state index contributed by atoms with van der Waals surface area (Å²) in [5.74, 6) is 0.929. The maximum atomic E-state index is 11.2. The summed E-state index contributed by atoms with van der Waals surface area (Å²) in [5, 5.41) is 6.78. The van der Waals surface area contributed by atoms with E-state index in [4.69, 9.17) is 10.5 Å². The fraction of sp³-hybridized carbons (Fsp3) is 0.600. The van der Waals surface area contributed by atoms with Crippen LogP contribution in [0.1, 0.15) is 36.7 Å². The van der Waals surface area contributed by atoms with Gasteiger partial charge >= 0.3 is 0 Å². The van der Waals surface area contributed by atoms with Gasteiger partial charge in [0.25, 0.3) is 0 Å². The lowest BCUT2D eigenvalue weighted by Gasteiger charge is -2.37. The Labute approximate surface area is 162 Å². The van der Waals surface area contributed by atoms with Gasteiger partial charge in [-0.25, -0.2) is 4.99 Å². The third-order valence-electron chi connectivity index (χ3n) is 4.77. The number of morpholine rings is 1. The number of ether oxygens (including phenoxy) is 1.